The number of aromatic nitrogens is 2. The number of nitrogens with zero attached hydrogens (tertiary/aromatic N) is 2. The Kier molecular flexibility index (Phi) is 16.9. The van der Waals surface area contributed by atoms with Crippen LogP contribution >= 0.6 is 0 Å². The van der Waals surface area contributed by atoms with Gasteiger partial charge in [-0.05, 0) is 43.5 Å². The van der Waals surface area contributed by atoms with Gasteiger partial charge in [0.25, 0.3) is 0 Å². The first-order valence-electron chi connectivity index (χ1n) is 19.2. The van der Waals surface area contributed by atoms with Gasteiger partial charge in [0.05, 0.1) is 71.1 Å². The topological polar surface area (TPSA) is 141 Å². The van der Waals surface area contributed by atoms with Crippen LogP contribution in [0, 0.1) is 0 Å². The smallest absolute Gasteiger partial charge is 0.407 e. The summed E-state index contributed by atoms with van der Waals surface area (Å²) in [6.07, 6.45) is -1.08. The largest absolute Gasteiger partial charge is 0.444 e. The third kappa shape index (κ3) is 14.5. The van der Waals surface area contributed by atoms with Crippen molar-refractivity contribution in [3.05, 3.63) is 126 Å². The third-order valence-corrected chi connectivity index (χ3v) is 8.73. The summed E-state index contributed by atoms with van der Waals surface area (Å²) in [6, 6.07) is 31.1. The highest BCUT2D eigenvalue weighted by molar-refractivity contribution is 5.73. The zero-order valence-electron chi connectivity index (χ0n) is 32.8. The lowest BCUT2D eigenvalue weighted by atomic mass is 9.90. The van der Waals surface area contributed by atoms with Gasteiger partial charge in [-0.1, -0.05) is 91.0 Å². The predicted molar refractivity (Wildman–Crippen MR) is 209 cm³/mol. The second kappa shape index (κ2) is 22.2. The van der Waals surface area contributed by atoms with Crippen LogP contribution in [0.1, 0.15) is 56.2 Å². The Morgan fingerprint density at radius 3 is 1.89 bits per heavy atom. The lowest BCUT2D eigenvalue weighted by Crippen LogP contribution is -2.62. The average molecular weight is 773 g/mol. The molecule has 2 heterocycles. The fourth-order valence-electron chi connectivity index (χ4n) is 6.19. The second-order valence-electron chi connectivity index (χ2n) is 14.5. The standard InChI is InChI=1S/C43H56N4O9/c1-32(48)45-38-39(36-20-22-47(46-36)23-25-51-27-26-50-24-21-44-42(49)56-43(2,3)4)55-37(31-52-28-33-14-8-5-9-15-33)40(53-29-34-16-10-6-11-17-34)41(38)54-30-35-18-12-7-13-19-35/h5-20,22,37-41H,21,23-31H2,1-4H3,(H,44,49)(H,45,48)/t37-,38+,39-,40+,41-/m1/s1. The molecule has 1 aliphatic rings. The summed E-state index contributed by atoms with van der Waals surface area (Å²) < 4.78 is 44.9. The van der Waals surface area contributed by atoms with Crippen molar-refractivity contribution < 1.29 is 42.7 Å². The molecule has 2 N–H and O–H groups in total. The molecule has 5 atom stereocenters. The number of benzene rings is 3. The number of hydrogen-bond donors (Lipinski definition) is 2. The maximum atomic E-state index is 12.8. The van der Waals surface area contributed by atoms with Crippen molar-refractivity contribution in [2.75, 3.05) is 39.6 Å². The highest BCUT2D eigenvalue weighted by atomic mass is 16.6. The van der Waals surface area contributed by atoms with Crippen molar-refractivity contribution >= 4 is 12.0 Å². The molecular formula is C43H56N4O9. The van der Waals surface area contributed by atoms with Crippen molar-refractivity contribution in [2.45, 2.75) is 90.1 Å². The Labute approximate surface area is 329 Å². The van der Waals surface area contributed by atoms with Crippen LogP contribution in [0.4, 0.5) is 4.79 Å². The number of ether oxygens (including phenoxy) is 7. The van der Waals surface area contributed by atoms with Gasteiger partial charge >= 0.3 is 6.09 Å². The van der Waals surface area contributed by atoms with E-state index in [-0.39, 0.29) is 12.5 Å². The van der Waals surface area contributed by atoms with Gasteiger partial charge in [-0.25, -0.2) is 4.79 Å². The van der Waals surface area contributed by atoms with E-state index < -0.39 is 42.2 Å². The minimum Gasteiger partial charge on any atom is -0.444 e. The van der Waals surface area contributed by atoms with E-state index >= 15 is 0 Å². The summed E-state index contributed by atoms with van der Waals surface area (Å²) in [7, 11) is 0. The molecule has 0 bridgehead atoms. The van der Waals surface area contributed by atoms with E-state index in [4.69, 9.17) is 38.3 Å². The minimum absolute atomic E-state index is 0.219. The summed E-state index contributed by atoms with van der Waals surface area (Å²) in [5.41, 5.74) is 3.11. The highest BCUT2D eigenvalue weighted by Crippen LogP contribution is 2.36. The van der Waals surface area contributed by atoms with Crippen LogP contribution in [0.2, 0.25) is 0 Å². The highest BCUT2D eigenvalue weighted by Gasteiger charge is 2.49. The van der Waals surface area contributed by atoms with Crippen LogP contribution < -0.4 is 10.6 Å². The summed E-state index contributed by atoms with van der Waals surface area (Å²) in [5, 5.41) is 10.7. The fraction of sp³-hybridized carbons (Fsp3) is 0.465. The van der Waals surface area contributed by atoms with Crippen LogP contribution in [-0.2, 0) is 64.3 Å². The van der Waals surface area contributed by atoms with Crippen LogP contribution in [0.25, 0.3) is 0 Å². The lowest BCUT2D eigenvalue weighted by Gasteiger charge is -2.46. The predicted octanol–water partition coefficient (Wildman–Crippen LogP) is 5.77. The number of nitrogens with one attached hydrogen (secondary N) is 2. The maximum absolute atomic E-state index is 12.8. The molecule has 13 nitrogen and oxygen atoms in total. The Balaban J connectivity index is 1.26. The van der Waals surface area contributed by atoms with Crippen molar-refractivity contribution in [3.8, 4) is 0 Å². The third-order valence-electron chi connectivity index (χ3n) is 8.73. The van der Waals surface area contributed by atoms with Gasteiger partial charge in [-0.2, -0.15) is 5.10 Å². The molecular weight excluding hydrogens is 716 g/mol. The molecule has 1 aromatic heterocycles. The van der Waals surface area contributed by atoms with Gasteiger partial charge in [-0.15, -0.1) is 0 Å². The van der Waals surface area contributed by atoms with Crippen molar-refractivity contribution in [1.82, 2.24) is 20.4 Å². The fourth-order valence-corrected chi connectivity index (χ4v) is 6.19. The molecule has 2 amide bonds. The normalized spacial score (nSPS) is 19.7. The summed E-state index contributed by atoms with van der Waals surface area (Å²) >= 11 is 0. The molecule has 1 fully saturated rings. The van der Waals surface area contributed by atoms with Gasteiger partial charge in [0.1, 0.15) is 30.0 Å². The van der Waals surface area contributed by atoms with Crippen LogP contribution in [0.5, 0.6) is 0 Å². The zero-order chi connectivity index (χ0) is 39.6. The number of amides is 2. The summed E-state index contributed by atoms with van der Waals surface area (Å²) in [4.78, 5) is 24.6. The molecule has 302 valence electrons. The molecule has 1 aliphatic heterocycles. The molecule has 5 rings (SSSR count). The Morgan fingerprint density at radius 2 is 1.30 bits per heavy atom. The van der Waals surface area contributed by atoms with Crippen LogP contribution in [0.15, 0.2) is 103 Å². The molecule has 13 heteroatoms. The number of alkyl carbamates (subject to hydrolysis) is 1. The Bertz CT molecular complexity index is 1720. The minimum atomic E-state index is -0.675. The first kappa shape index (κ1) is 42.5. The van der Waals surface area contributed by atoms with E-state index in [1.165, 1.54) is 6.92 Å². The van der Waals surface area contributed by atoms with E-state index in [0.717, 1.165) is 16.7 Å². The molecule has 0 radical (unpaired) electrons. The van der Waals surface area contributed by atoms with Gasteiger partial charge in [0.2, 0.25) is 5.91 Å². The van der Waals surface area contributed by atoms with E-state index in [0.29, 0.717) is 65.0 Å². The summed E-state index contributed by atoms with van der Waals surface area (Å²) in [5.74, 6) is -0.229. The molecule has 4 aromatic rings. The van der Waals surface area contributed by atoms with Crippen LogP contribution in [-0.4, -0.2) is 91.3 Å². The Hall–Kier alpha value is -4.63. The molecule has 1 saturated heterocycles. The van der Waals surface area contributed by atoms with E-state index in [9.17, 15) is 9.59 Å². The van der Waals surface area contributed by atoms with Gasteiger partial charge in [0.15, 0.2) is 0 Å². The van der Waals surface area contributed by atoms with Gasteiger partial charge in [0, 0.05) is 19.7 Å². The quantitative estimate of drug-likeness (QED) is 0.100. The monoisotopic (exact) mass is 772 g/mol. The van der Waals surface area contributed by atoms with Crippen molar-refractivity contribution in [2.24, 2.45) is 0 Å². The van der Waals surface area contributed by atoms with Crippen molar-refractivity contribution in [1.29, 1.82) is 0 Å². The first-order chi connectivity index (χ1) is 27.1. The SMILES string of the molecule is CC(=O)N[C@@H]1[C@@H](OCc2ccccc2)[C@@H](OCc2ccccc2)[C@@H](COCc2ccccc2)O[C@@H]1c1ccn(CCOCCOCCNC(=O)OC(C)(C)C)n1. The zero-order valence-corrected chi connectivity index (χ0v) is 32.8. The second-order valence-corrected chi connectivity index (χ2v) is 14.5. The number of carbonyl (C=O) groups excluding carboxylic acids is 2. The van der Waals surface area contributed by atoms with E-state index in [2.05, 4.69) is 10.6 Å². The first-order valence-corrected chi connectivity index (χ1v) is 19.2. The molecule has 56 heavy (non-hydrogen) atoms. The van der Waals surface area contributed by atoms with E-state index in [1.807, 2.05) is 124 Å². The van der Waals surface area contributed by atoms with Gasteiger partial charge in [-0.3, -0.25) is 9.48 Å². The molecule has 0 unspecified atom stereocenters. The molecule has 0 saturated carbocycles. The van der Waals surface area contributed by atoms with E-state index in [1.54, 1.807) is 4.68 Å². The maximum Gasteiger partial charge on any atom is 0.407 e. The summed E-state index contributed by atoms with van der Waals surface area (Å²) in [6.45, 7) is 10.5. The van der Waals surface area contributed by atoms with Gasteiger partial charge < -0.3 is 43.8 Å². The molecule has 0 spiro atoms. The van der Waals surface area contributed by atoms with Crippen molar-refractivity contribution in [3.63, 3.8) is 0 Å². The number of rotatable bonds is 21. The molecule has 0 aliphatic carbocycles. The number of carbonyl (C=O) groups is 2. The average Bonchev–Trinajstić information content (AvgIpc) is 3.65. The Morgan fingerprint density at radius 1 is 0.732 bits per heavy atom. The number of hydrogen-bond acceptors (Lipinski definition) is 10. The van der Waals surface area contributed by atoms with Crippen LogP contribution in [0.3, 0.4) is 0 Å². The molecule has 3 aromatic carbocycles. The lowest BCUT2D eigenvalue weighted by molar-refractivity contribution is -0.235.